The topological polar surface area (TPSA) is 17.1 Å². The van der Waals surface area contributed by atoms with Crippen LogP contribution in [0.25, 0.3) is 54.2 Å². The summed E-state index contributed by atoms with van der Waals surface area (Å²) in [5.41, 5.74) is 2.28. The molecular weight excluding hydrogens is 503 g/mol. The average molecular weight is 529 g/mol. The highest BCUT2D eigenvalue weighted by atomic mass is 31.2. The number of hydrogen-bond donors (Lipinski definition) is 0. The van der Waals surface area contributed by atoms with E-state index >= 15 is 4.57 Å². The molecule has 8 aromatic carbocycles. The summed E-state index contributed by atoms with van der Waals surface area (Å²) in [6.45, 7) is 0. The van der Waals surface area contributed by atoms with Crippen LogP contribution in [0, 0.1) is 0 Å². The van der Waals surface area contributed by atoms with Gasteiger partial charge in [-0.15, -0.1) is 0 Å². The number of rotatable bonds is 4. The van der Waals surface area contributed by atoms with Crippen molar-refractivity contribution in [1.29, 1.82) is 0 Å². The lowest BCUT2D eigenvalue weighted by Gasteiger charge is -2.21. The SMILES string of the molecule is O=P(c1ccccc1)(c1ccc(-c2cc3ccc4cccc5ccc(c2)c3c45)cc1)c1ccc2ccccc2c1. The maximum atomic E-state index is 15.1. The van der Waals surface area contributed by atoms with E-state index in [9.17, 15) is 0 Å². The smallest absolute Gasteiger partial charge is 0.171 e. The Kier molecular flexibility index (Phi) is 5.17. The number of hydrogen-bond acceptors (Lipinski definition) is 1. The molecule has 188 valence electrons. The number of benzene rings is 8. The van der Waals surface area contributed by atoms with Gasteiger partial charge < -0.3 is 4.57 Å². The highest BCUT2D eigenvalue weighted by molar-refractivity contribution is 7.85. The van der Waals surface area contributed by atoms with Crippen LogP contribution >= 0.6 is 7.14 Å². The van der Waals surface area contributed by atoms with Crippen LogP contribution in [0.15, 0.2) is 152 Å². The largest absolute Gasteiger partial charge is 0.309 e. The molecule has 0 amide bonds. The molecule has 0 aromatic heterocycles. The zero-order valence-electron chi connectivity index (χ0n) is 21.8. The Morgan fingerprint density at radius 3 is 1.52 bits per heavy atom. The summed E-state index contributed by atoms with van der Waals surface area (Å²) in [6.07, 6.45) is 0. The van der Waals surface area contributed by atoms with E-state index in [-0.39, 0.29) is 0 Å². The van der Waals surface area contributed by atoms with Crippen LogP contribution in [0.3, 0.4) is 0 Å². The van der Waals surface area contributed by atoms with E-state index in [2.05, 4.69) is 103 Å². The van der Waals surface area contributed by atoms with Crippen LogP contribution in [0.2, 0.25) is 0 Å². The fourth-order valence-corrected chi connectivity index (χ4v) is 8.90. The molecule has 0 radical (unpaired) electrons. The zero-order chi connectivity index (χ0) is 26.7. The Morgan fingerprint density at radius 2 is 0.825 bits per heavy atom. The van der Waals surface area contributed by atoms with E-state index in [1.165, 1.54) is 32.3 Å². The Hall–Kier alpha value is -4.71. The molecular formula is C38H25OP. The molecule has 0 saturated heterocycles. The van der Waals surface area contributed by atoms with E-state index < -0.39 is 7.14 Å². The molecule has 2 heteroatoms. The third-order valence-corrected chi connectivity index (χ3v) is 11.3. The van der Waals surface area contributed by atoms with Crippen molar-refractivity contribution >= 4 is 66.1 Å². The van der Waals surface area contributed by atoms with Gasteiger partial charge in [-0.25, -0.2) is 0 Å². The molecule has 1 nitrogen and oxygen atoms in total. The summed E-state index contributed by atoms with van der Waals surface area (Å²) in [5.74, 6) is 0. The second-order valence-corrected chi connectivity index (χ2v) is 13.3. The van der Waals surface area contributed by atoms with Gasteiger partial charge in [0.2, 0.25) is 0 Å². The van der Waals surface area contributed by atoms with Crippen LogP contribution in [0.4, 0.5) is 0 Å². The Morgan fingerprint density at radius 1 is 0.325 bits per heavy atom. The first-order valence-electron chi connectivity index (χ1n) is 13.6. The normalized spacial score (nSPS) is 13.3. The molecule has 0 heterocycles. The molecule has 0 fully saturated rings. The van der Waals surface area contributed by atoms with Crippen molar-refractivity contribution in [3.05, 3.63) is 152 Å². The van der Waals surface area contributed by atoms with Crippen molar-refractivity contribution in [2.45, 2.75) is 0 Å². The van der Waals surface area contributed by atoms with Gasteiger partial charge in [-0.2, -0.15) is 0 Å². The molecule has 1 unspecified atom stereocenters. The molecule has 0 spiro atoms. The van der Waals surface area contributed by atoms with E-state index in [4.69, 9.17) is 0 Å². The van der Waals surface area contributed by atoms with Crippen molar-refractivity contribution < 1.29 is 4.57 Å². The van der Waals surface area contributed by atoms with Crippen LogP contribution in [-0.4, -0.2) is 0 Å². The maximum Gasteiger partial charge on any atom is 0.171 e. The first-order chi connectivity index (χ1) is 19.7. The van der Waals surface area contributed by atoms with E-state index in [0.717, 1.165) is 37.8 Å². The van der Waals surface area contributed by atoms with Crippen LogP contribution in [-0.2, 0) is 4.57 Å². The van der Waals surface area contributed by atoms with E-state index in [0.29, 0.717) is 0 Å². The van der Waals surface area contributed by atoms with Gasteiger partial charge in [-0.3, -0.25) is 0 Å². The lowest BCUT2D eigenvalue weighted by molar-refractivity contribution is 0.592. The molecule has 0 aliphatic rings. The fraction of sp³-hybridized carbons (Fsp3) is 0. The summed E-state index contributed by atoms with van der Waals surface area (Å²) >= 11 is 0. The Bertz CT molecular complexity index is 2170. The van der Waals surface area contributed by atoms with Gasteiger partial charge in [-0.1, -0.05) is 133 Å². The second-order valence-electron chi connectivity index (χ2n) is 10.5. The third kappa shape index (κ3) is 3.52. The highest BCUT2D eigenvalue weighted by Gasteiger charge is 2.30. The predicted octanol–water partition coefficient (Wildman–Crippen LogP) is 9.04. The number of fused-ring (bicyclic) bond motifs is 1. The minimum absolute atomic E-state index is 0.843. The van der Waals surface area contributed by atoms with E-state index in [1.54, 1.807) is 0 Å². The van der Waals surface area contributed by atoms with Gasteiger partial charge in [0.05, 0.1) is 0 Å². The summed E-state index contributed by atoms with van der Waals surface area (Å²) < 4.78 is 15.1. The fourth-order valence-electron chi connectivity index (χ4n) is 6.24. The predicted molar refractivity (Wildman–Crippen MR) is 172 cm³/mol. The molecule has 0 aliphatic carbocycles. The average Bonchev–Trinajstić information content (AvgIpc) is 3.03. The highest BCUT2D eigenvalue weighted by Crippen LogP contribution is 2.44. The van der Waals surface area contributed by atoms with Gasteiger partial charge in [0.25, 0.3) is 0 Å². The lowest BCUT2D eigenvalue weighted by Crippen LogP contribution is -2.25. The van der Waals surface area contributed by atoms with Crippen LogP contribution < -0.4 is 15.9 Å². The second kappa shape index (κ2) is 8.91. The Balaban J connectivity index is 1.27. The summed E-state index contributed by atoms with van der Waals surface area (Å²) in [7, 11) is -3.08. The monoisotopic (exact) mass is 528 g/mol. The van der Waals surface area contributed by atoms with Gasteiger partial charge in [0.1, 0.15) is 0 Å². The van der Waals surface area contributed by atoms with Crippen molar-refractivity contribution in [1.82, 2.24) is 0 Å². The first-order valence-corrected chi connectivity index (χ1v) is 15.3. The maximum absolute atomic E-state index is 15.1. The van der Waals surface area contributed by atoms with Crippen LogP contribution in [0.1, 0.15) is 0 Å². The molecule has 0 aliphatic heterocycles. The standard InChI is InChI=1S/C38H25OP/c39-40(34-11-2-1-3-12-34,36-22-19-26-7-4-5-8-30(26)25-36)35-20-17-27(18-21-35)33-23-31-15-13-28-9-6-10-29-14-16-32(24-33)38(31)37(28)29/h1-25H. The van der Waals surface area contributed by atoms with Crippen molar-refractivity contribution in [3.8, 4) is 11.1 Å². The van der Waals surface area contributed by atoms with Gasteiger partial charge in [-0.05, 0) is 72.4 Å². The Labute approximate surface area is 233 Å². The van der Waals surface area contributed by atoms with Crippen molar-refractivity contribution in [2.24, 2.45) is 0 Å². The quantitative estimate of drug-likeness (QED) is 0.165. The molecule has 8 aromatic rings. The van der Waals surface area contributed by atoms with Gasteiger partial charge in [0.15, 0.2) is 7.14 Å². The first kappa shape index (κ1) is 23.2. The summed E-state index contributed by atoms with van der Waals surface area (Å²) in [6, 6.07) is 52.7. The van der Waals surface area contributed by atoms with Crippen molar-refractivity contribution in [2.75, 3.05) is 0 Å². The molecule has 0 bridgehead atoms. The van der Waals surface area contributed by atoms with Gasteiger partial charge >= 0.3 is 0 Å². The van der Waals surface area contributed by atoms with E-state index in [1.807, 2.05) is 48.5 Å². The summed E-state index contributed by atoms with van der Waals surface area (Å²) in [5, 5.41) is 12.5. The minimum Gasteiger partial charge on any atom is -0.309 e. The van der Waals surface area contributed by atoms with Crippen LogP contribution in [0.5, 0.6) is 0 Å². The third-order valence-electron chi connectivity index (χ3n) is 8.24. The van der Waals surface area contributed by atoms with Gasteiger partial charge in [0, 0.05) is 15.9 Å². The molecule has 0 saturated carbocycles. The summed E-state index contributed by atoms with van der Waals surface area (Å²) in [4.78, 5) is 0. The molecule has 40 heavy (non-hydrogen) atoms. The molecule has 1 atom stereocenters. The lowest BCUT2D eigenvalue weighted by atomic mass is 9.91. The molecule has 0 N–H and O–H groups in total. The minimum atomic E-state index is -3.08. The zero-order valence-corrected chi connectivity index (χ0v) is 22.7. The molecule has 8 rings (SSSR count). The van der Waals surface area contributed by atoms with Crippen molar-refractivity contribution in [3.63, 3.8) is 0 Å².